The highest BCUT2D eigenvalue weighted by molar-refractivity contribution is 14.0. The van der Waals surface area contributed by atoms with E-state index in [-0.39, 0.29) is 24.0 Å². The molecule has 0 radical (unpaired) electrons. The summed E-state index contributed by atoms with van der Waals surface area (Å²) in [5.41, 5.74) is 2.64. The molecule has 0 saturated carbocycles. The number of benzene rings is 1. The Bertz CT molecular complexity index is 475. The topological polar surface area (TPSA) is 48.9 Å². The second-order valence-electron chi connectivity index (χ2n) is 5.28. The lowest BCUT2D eigenvalue weighted by molar-refractivity contribution is 0.0170. The van der Waals surface area contributed by atoms with E-state index in [0.717, 1.165) is 38.8 Å². The van der Waals surface area contributed by atoms with E-state index in [9.17, 15) is 0 Å². The van der Waals surface area contributed by atoms with Crippen molar-refractivity contribution in [1.29, 1.82) is 0 Å². The molecule has 1 atom stereocenters. The zero-order valence-electron chi connectivity index (χ0n) is 13.6. The number of guanidine groups is 1. The molecule has 0 aliphatic carbocycles. The van der Waals surface area contributed by atoms with Gasteiger partial charge in [-0.15, -0.1) is 24.0 Å². The molecule has 0 bridgehead atoms. The average Bonchev–Trinajstić information content (AvgIpc) is 2.52. The first kappa shape index (κ1) is 19.2. The predicted octanol–water partition coefficient (Wildman–Crippen LogP) is 1.78. The van der Waals surface area contributed by atoms with Gasteiger partial charge in [0.25, 0.3) is 0 Å². The second-order valence-corrected chi connectivity index (χ2v) is 5.28. The Morgan fingerprint density at radius 2 is 2.09 bits per heavy atom. The van der Waals surface area contributed by atoms with Crippen LogP contribution in [0.4, 0.5) is 0 Å². The van der Waals surface area contributed by atoms with Gasteiger partial charge in [-0.1, -0.05) is 29.8 Å². The Morgan fingerprint density at radius 1 is 1.36 bits per heavy atom. The van der Waals surface area contributed by atoms with E-state index in [1.165, 1.54) is 11.1 Å². The van der Waals surface area contributed by atoms with Crippen LogP contribution in [0.3, 0.4) is 0 Å². The summed E-state index contributed by atoms with van der Waals surface area (Å²) in [5.74, 6) is 0.820. The standard InChI is InChI=1S/C16H26N4O.HI/c1-13-5-4-6-14(11-13)15(12-19-16(17-2)18-3)20-7-9-21-10-8-20;/h4-6,11,15H,7-10,12H2,1-3H3,(H2,17,18,19);1H. The van der Waals surface area contributed by atoms with Crippen LogP contribution in [0.1, 0.15) is 17.2 Å². The minimum absolute atomic E-state index is 0. The molecule has 1 aromatic rings. The maximum absolute atomic E-state index is 5.48. The maximum atomic E-state index is 5.48. The van der Waals surface area contributed by atoms with Crippen molar-refractivity contribution >= 4 is 29.9 Å². The molecule has 6 heteroatoms. The second kappa shape index (κ2) is 10.0. The SMILES string of the molecule is CN=C(NC)NCC(c1cccc(C)c1)N1CCOCC1.I. The molecule has 1 fully saturated rings. The number of hydrogen-bond donors (Lipinski definition) is 2. The number of nitrogens with zero attached hydrogens (tertiary/aromatic N) is 2. The van der Waals surface area contributed by atoms with Crippen LogP contribution < -0.4 is 10.6 Å². The first-order chi connectivity index (χ1) is 10.2. The van der Waals surface area contributed by atoms with Gasteiger partial charge < -0.3 is 15.4 Å². The fourth-order valence-electron chi connectivity index (χ4n) is 2.70. The normalized spacial score (nSPS) is 17.5. The minimum atomic E-state index is 0. The molecule has 5 nitrogen and oxygen atoms in total. The van der Waals surface area contributed by atoms with Crippen LogP contribution in [0.5, 0.6) is 0 Å². The van der Waals surface area contributed by atoms with Crippen LogP contribution in [0, 0.1) is 6.92 Å². The van der Waals surface area contributed by atoms with Crippen LogP contribution in [0.2, 0.25) is 0 Å². The molecule has 2 N–H and O–H groups in total. The molecule has 1 unspecified atom stereocenters. The van der Waals surface area contributed by atoms with Crippen molar-refractivity contribution < 1.29 is 4.74 Å². The van der Waals surface area contributed by atoms with Gasteiger partial charge in [-0.25, -0.2) is 0 Å². The van der Waals surface area contributed by atoms with Gasteiger partial charge in [-0.3, -0.25) is 9.89 Å². The summed E-state index contributed by atoms with van der Waals surface area (Å²) in [6.45, 7) is 6.53. The summed E-state index contributed by atoms with van der Waals surface area (Å²) in [4.78, 5) is 6.67. The number of nitrogens with one attached hydrogen (secondary N) is 2. The smallest absolute Gasteiger partial charge is 0.190 e. The van der Waals surface area contributed by atoms with E-state index in [4.69, 9.17) is 4.74 Å². The molecule has 2 rings (SSSR count). The molecule has 22 heavy (non-hydrogen) atoms. The molecule has 1 saturated heterocycles. The molecular formula is C16H27IN4O. The molecule has 0 spiro atoms. The molecular weight excluding hydrogens is 391 g/mol. The monoisotopic (exact) mass is 418 g/mol. The van der Waals surface area contributed by atoms with Crippen LogP contribution in [0.15, 0.2) is 29.3 Å². The molecule has 0 aromatic heterocycles. The average molecular weight is 418 g/mol. The lowest BCUT2D eigenvalue weighted by Crippen LogP contribution is -2.45. The lowest BCUT2D eigenvalue weighted by Gasteiger charge is -2.35. The molecule has 124 valence electrons. The summed E-state index contributed by atoms with van der Waals surface area (Å²) >= 11 is 0. The third-order valence-electron chi connectivity index (χ3n) is 3.84. The lowest BCUT2D eigenvalue weighted by atomic mass is 10.0. The van der Waals surface area contributed by atoms with Crippen LogP contribution in [-0.2, 0) is 4.74 Å². The largest absolute Gasteiger partial charge is 0.379 e. The van der Waals surface area contributed by atoms with Gasteiger partial charge in [0.15, 0.2) is 5.96 Å². The number of morpholine rings is 1. The Morgan fingerprint density at radius 3 is 2.68 bits per heavy atom. The molecule has 1 aliphatic heterocycles. The third-order valence-corrected chi connectivity index (χ3v) is 3.84. The number of aryl methyl sites for hydroxylation is 1. The van der Waals surface area contributed by atoms with Crippen molar-refractivity contribution in [3.05, 3.63) is 35.4 Å². The van der Waals surface area contributed by atoms with Crippen molar-refractivity contribution in [2.75, 3.05) is 46.9 Å². The van der Waals surface area contributed by atoms with Gasteiger partial charge in [-0.05, 0) is 12.5 Å². The number of hydrogen-bond acceptors (Lipinski definition) is 3. The zero-order valence-corrected chi connectivity index (χ0v) is 16.0. The van der Waals surface area contributed by atoms with Crippen LogP contribution in [-0.4, -0.2) is 57.8 Å². The molecule has 1 aliphatic rings. The Hall–Kier alpha value is -0.860. The van der Waals surface area contributed by atoms with Crippen molar-refractivity contribution in [2.45, 2.75) is 13.0 Å². The summed E-state index contributed by atoms with van der Waals surface area (Å²) in [7, 11) is 3.67. The summed E-state index contributed by atoms with van der Waals surface area (Å²) < 4.78 is 5.48. The highest BCUT2D eigenvalue weighted by Gasteiger charge is 2.22. The van der Waals surface area contributed by atoms with Crippen molar-refractivity contribution in [3.63, 3.8) is 0 Å². The van der Waals surface area contributed by atoms with Crippen molar-refractivity contribution in [3.8, 4) is 0 Å². The summed E-state index contributed by atoms with van der Waals surface area (Å²) in [5, 5.41) is 6.46. The van der Waals surface area contributed by atoms with Crippen molar-refractivity contribution in [1.82, 2.24) is 15.5 Å². The fourth-order valence-corrected chi connectivity index (χ4v) is 2.70. The maximum Gasteiger partial charge on any atom is 0.190 e. The zero-order chi connectivity index (χ0) is 15.1. The first-order valence-electron chi connectivity index (χ1n) is 7.51. The highest BCUT2D eigenvalue weighted by atomic mass is 127. The van der Waals surface area contributed by atoms with Gasteiger partial charge in [0.2, 0.25) is 0 Å². The molecule has 1 aromatic carbocycles. The minimum Gasteiger partial charge on any atom is -0.379 e. The first-order valence-corrected chi connectivity index (χ1v) is 7.51. The van der Waals surface area contributed by atoms with E-state index < -0.39 is 0 Å². The van der Waals surface area contributed by atoms with Gasteiger partial charge >= 0.3 is 0 Å². The van der Waals surface area contributed by atoms with E-state index >= 15 is 0 Å². The summed E-state index contributed by atoms with van der Waals surface area (Å²) in [6.07, 6.45) is 0. The van der Waals surface area contributed by atoms with Crippen LogP contribution in [0.25, 0.3) is 0 Å². The Balaban J connectivity index is 0.00000242. The van der Waals surface area contributed by atoms with Gasteiger partial charge in [0.1, 0.15) is 0 Å². The quantitative estimate of drug-likeness (QED) is 0.445. The van der Waals surface area contributed by atoms with Gasteiger partial charge in [0.05, 0.1) is 19.3 Å². The predicted molar refractivity (Wildman–Crippen MR) is 102 cm³/mol. The number of halogens is 1. The van der Waals surface area contributed by atoms with E-state index in [1.54, 1.807) is 7.05 Å². The summed E-state index contributed by atoms with van der Waals surface area (Å²) in [6, 6.07) is 9.07. The highest BCUT2D eigenvalue weighted by Crippen LogP contribution is 2.22. The van der Waals surface area contributed by atoms with E-state index in [0.29, 0.717) is 6.04 Å². The number of aliphatic imine (C=N–C) groups is 1. The number of ether oxygens (including phenoxy) is 1. The van der Waals surface area contributed by atoms with Gasteiger partial charge in [-0.2, -0.15) is 0 Å². The molecule has 1 heterocycles. The Kier molecular flexibility index (Phi) is 8.74. The van der Waals surface area contributed by atoms with Gasteiger partial charge in [0, 0.05) is 33.7 Å². The fraction of sp³-hybridized carbons (Fsp3) is 0.562. The van der Waals surface area contributed by atoms with Crippen molar-refractivity contribution in [2.24, 2.45) is 4.99 Å². The van der Waals surface area contributed by atoms with E-state index in [2.05, 4.69) is 51.7 Å². The molecule has 0 amide bonds. The number of rotatable bonds is 4. The Labute approximate surface area is 150 Å². The van der Waals surface area contributed by atoms with E-state index in [1.807, 2.05) is 7.05 Å². The third kappa shape index (κ3) is 5.40. The van der Waals surface area contributed by atoms with Crippen LogP contribution >= 0.6 is 24.0 Å².